The fourth-order valence-electron chi connectivity index (χ4n) is 1.40. The number of pyridine rings is 1. The van der Waals surface area contributed by atoms with Crippen molar-refractivity contribution in [2.75, 3.05) is 6.54 Å². The molecule has 19 heavy (non-hydrogen) atoms. The van der Waals surface area contributed by atoms with E-state index in [0.29, 0.717) is 24.4 Å². The molecule has 2 aromatic rings. The largest absolute Gasteiger partial charge is 0.477 e. The Morgan fingerprint density at radius 2 is 2.16 bits per heavy atom. The molecule has 2 rings (SSSR count). The number of H-pyrrole nitrogens is 1. The molecule has 0 fully saturated rings. The Balaban J connectivity index is 1.87. The van der Waals surface area contributed by atoms with E-state index in [1.165, 1.54) is 24.7 Å². The number of nitrogens with zero attached hydrogens (tertiary/aromatic N) is 3. The Labute approximate surface area is 107 Å². The summed E-state index contributed by atoms with van der Waals surface area (Å²) in [5, 5.41) is 17.7. The molecule has 0 radical (unpaired) electrons. The van der Waals surface area contributed by atoms with Crippen LogP contribution in [0.3, 0.4) is 0 Å². The molecule has 0 spiro atoms. The molecule has 0 aliphatic carbocycles. The van der Waals surface area contributed by atoms with Crippen LogP contribution in [0.1, 0.15) is 26.7 Å². The van der Waals surface area contributed by atoms with Crippen molar-refractivity contribution in [3.8, 4) is 0 Å². The number of aromatic amines is 1. The van der Waals surface area contributed by atoms with Gasteiger partial charge in [-0.3, -0.25) is 9.89 Å². The van der Waals surface area contributed by atoms with Gasteiger partial charge < -0.3 is 10.4 Å². The van der Waals surface area contributed by atoms with Crippen LogP contribution in [0.5, 0.6) is 0 Å². The van der Waals surface area contributed by atoms with Crippen LogP contribution in [0.15, 0.2) is 24.7 Å². The summed E-state index contributed by atoms with van der Waals surface area (Å²) in [6.45, 7) is 0.398. The van der Waals surface area contributed by atoms with Crippen molar-refractivity contribution in [1.82, 2.24) is 25.5 Å². The number of hydrogen-bond acceptors (Lipinski definition) is 5. The van der Waals surface area contributed by atoms with Crippen LogP contribution in [-0.4, -0.2) is 43.7 Å². The lowest BCUT2D eigenvalue weighted by molar-refractivity contribution is 0.0689. The SMILES string of the molecule is O=C(NCCc1ncn[nH]1)c1ccc(C(=O)O)nc1. The van der Waals surface area contributed by atoms with E-state index in [1.54, 1.807) is 0 Å². The molecule has 0 atom stereocenters. The maximum Gasteiger partial charge on any atom is 0.354 e. The zero-order valence-corrected chi connectivity index (χ0v) is 9.83. The summed E-state index contributed by atoms with van der Waals surface area (Å²) in [5.74, 6) is -0.763. The van der Waals surface area contributed by atoms with E-state index in [4.69, 9.17) is 5.11 Å². The first-order valence-electron chi connectivity index (χ1n) is 5.48. The van der Waals surface area contributed by atoms with Crippen molar-refractivity contribution in [2.24, 2.45) is 0 Å². The number of amides is 1. The van der Waals surface area contributed by atoms with Crippen LogP contribution in [-0.2, 0) is 6.42 Å². The van der Waals surface area contributed by atoms with Crippen molar-refractivity contribution in [2.45, 2.75) is 6.42 Å². The minimum Gasteiger partial charge on any atom is -0.477 e. The van der Waals surface area contributed by atoms with Gasteiger partial charge in [0.2, 0.25) is 0 Å². The molecule has 1 amide bonds. The average Bonchev–Trinajstić information content (AvgIpc) is 2.92. The predicted molar refractivity (Wildman–Crippen MR) is 63.6 cm³/mol. The fraction of sp³-hybridized carbons (Fsp3) is 0.182. The standard InChI is InChI=1S/C11H11N5O3/c17-10(12-4-3-9-14-6-15-16-9)7-1-2-8(11(18)19)13-5-7/h1-2,5-6H,3-4H2,(H,12,17)(H,18,19)(H,14,15,16). The van der Waals surface area contributed by atoms with Crippen molar-refractivity contribution >= 4 is 11.9 Å². The van der Waals surface area contributed by atoms with E-state index in [2.05, 4.69) is 25.5 Å². The molecule has 98 valence electrons. The number of carboxylic acid groups (broad SMARTS) is 1. The summed E-state index contributed by atoms with van der Waals surface area (Å²) in [6, 6.07) is 2.70. The molecular formula is C11H11N5O3. The average molecular weight is 261 g/mol. The third kappa shape index (κ3) is 3.35. The molecular weight excluding hydrogens is 250 g/mol. The molecule has 2 heterocycles. The highest BCUT2D eigenvalue weighted by Crippen LogP contribution is 2.00. The number of hydrogen-bond donors (Lipinski definition) is 3. The molecule has 0 bridgehead atoms. The molecule has 8 heteroatoms. The van der Waals surface area contributed by atoms with Gasteiger partial charge in [0.25, 0.3) is 5.91 Å². The maximum absolute atomic E-state index is 11.7. The Morgan fingerprint density at radius 1 is 1.32 bits per heavy atom. The van der Waals surface area contributed by atoms with Gasteiger partial charge in [0.15, 0.2) is 0 Å². The van der Waals surface area contributed by atoms with E-state index in [9.17, 15) is 9.59 Å². The van der Waals surface area contributed by atoms with Gasteiger partial charge in [0, 0.05) is 19.2 Å². The van der Waals surface area contributed by atoms with Crippen LogP contribution in [0.25, 0.3) is 0 Å². The van der Waals surface area contributed by atoms with Crippen molar-refractivity contribution in [3.63, 3.8) is 0 Å². The summed E-state index contributed by atoms with van der Waals surface area (Å²) < 4.78 is 0. The highest BCUT2D eigenvalue weighted by Gasteiger charge is 2.08. The maximum atomic E-state index is 11.7. The van der Waals surface area contributed by atoms with Crippen LogP contribution in [0.4, 0.5) is 0 Å². The first-order valence-corrected chi connectivity index (χ1v) is 5.48. The lowest BCUT2D eigenvalue weighted by Gasteiger charge is -2.03. The van der Waals surface area contributed by atoms with Crippen molar-refractivity contribution < 1.29 is 14.7 Å². The number of carboxylic acids is 1. The fourth-order valence-corrected chi connectivity index (χ4v) is 1.40. The first kappa shape index (κ1) is 12.7. The van der Waals surface area contributed by atoms with Gasteiger partial charge in [-0.05, 0) is 12.1 Å². The molecule has 8 nitrogen and oxygen atoms in total. The second kappa shape index (κ2) is 5.71. The van der Waals surface area contributed by atoms with Gasteiger partial charge in [-0.15, -0.1) is 0 Å². The molecule has 2 aromatic heterocycles. The lowest BCUT2D eigenvalue weighted by atomic mass is 10.2. The third-order valence-electron chi connectivity index (χ3n) is 2.36. The predicted octanol–water partition coefficient (Wildman–Crippen LogP) is -0.130. The number of aromatic carboxylic acids is 1. The van der Waals surface area contributed by atoms with E-state index in [-0.39, 0.29) is 11.6 Å². The zero-order chi connectivity index (χ0) is 13.7. The number of aromatic nitrogens is 4. The van der Waals surface area contributed by atoms with Gasteiger partial charge in [-0.2, -0.15) is 5.10 Å². The molecule has 0 saturated carbocycles. The molecule has 0 aliphatic heterocycles. The normalized spacial score (nSPS) is 10.1. The third-order valence-corrected chi connectivity index (χ3v) is 2.36. The van der Waals surface area contributed by atoms with Crippen molar-refractivity contribution in [1.29, 1.82) is 0 Å². The van der Waals surface area contributed by atoms with Crippen LogP contribution >= 0.6 is 0 Å². The van der Waals surface area contributed by atoms with E-state index in [0.717, 1.165) is 0 Å². The summed E-state index contributed by atoms with van der Waals surface area (Å²) >= 11 is 0. The number of carbonyl (C=O) groups is 2. The second-order valence-electron chi connectivity index (χ2n) is 3.68. The number of carbonyl (C=O) groups excluding carboxylic acids is 1. The van der Waals surface area contributed by atoms with Gasteiger partial charge in [-0.25, -0.2) is 14.8 Å². The van der Waals surface area contributed by atoms with Gasteiger partial charge in [0.1, 0.15) is 17.8 Å². The van der Waals surface area contributed by atoms with E-state index < -0.39 is 5.97 Å². The Morgan fingerprint density at radius 3 is 2.74 bits per heavy atom. The Bertz CT molecular complexity index is 565. The van der Waals surface area contributed by atoms with Gasteiger partial charge >= 0.3 is 5.97 Å². The summed E-state index contributed by atoms with van der Waals surface area (Å²) in [4.78, 5) is 29.9. The summed E-state index contributed by atoms with van der Waals surface area (Å²) in [5.41, 5.74) is 0.209. The highest BCUT2D eigenvalue weighted by atomic mass is 16.4. The first-order chi connectivity index (χ1) is 9.16. The van der Waals surface area contributed by atoms with Gasteiger partial charge in [0.05, 0.1) is 5.56 Å². The quantitative estimate of drug-likeness (QED) is 0.689. The molecule has 0 aromatic carbocycles. The highest BCUT2D eigenvalue weighted by molar-refractivity contribution is 5.94. The van der Waals surface area contributed by atoms with E-state index in [1.807, 2.05) is 0 Å². The molecule has 0 unspecified atom stereocenters. The number of rotatable bonds is 5. The molecule has 0 aliphatic rings. The monoisotopic (exact) mass is 261 g/mol. The van der Waals surface area contributed by atoms with E-state index >= 15 is 0 Å². The molecule has 3 N–H and O–H groups in total. The second-order valence-corrected chi connectivity index (χ2v) is 3.68. The Hall–Kier alpha value is -2.77. The van der Waals surface area contributed by atoms with Crippen molar-refractivity contribution in [3.05, 3.63) is 41.7 Å². The smallest absolute Gasteiger partial charge is 0.354 e. The lowest BCUT2D eigenvalue weighted by Crippen LogP contribution is -2.26. The Kier molecular flexibility index (Phi) is 3.81. The summed E-state index contributed by atoms with van der Waals surface area (Å²) in [7, 11) is 0. The van der Waals surface area contributed by atoms with Crippen LogP contribution in [0.2, 0.25) is 0 Å². The molecule has 0 saturated heterocycles. The number of nitrogens with one attached hydrogen (secondary N) is 2. The summed E-state index contributed by atoms with van der Waals surface area (Å²) in [6.07, 6.45) is 3.16. The van der Waals surface area contributed by atoms with Crippen LogP contribution in [0, 0.1) is 0 Å². The minimum absolute atomic E-state index is 0.0989. The topological polar surface area (TPSA) is 121 Å². The minimum atomic E-state index is -1.13. The van der Waals surface area contributed by atoms with Crippen LogP contribution < -0.4 is 5.32 Å². The zero-order valence-electron chi connectivity index (χ0n) is 9.83. The van der Waals surface area contributed by atoms with Gasteiger partial charge in [-0.1, -0.05) is 0 Å².